The van der Waals surface area contributed by atoms with Crippen LogP contribution in [0.3, 0.4) is 0 Å². The number of carboxylic acid groups (broad SMARTS) is 1. The molecule has 0 heterocycles. The number of nitro groups is 1. The molecule has 0 atom stereocenters. The molecule has 0 saturated heterocycles. The smallest absolute Gasteiger partial charge is 0.341 e. The summed E-state index contributed by atoms with van der Waals surface area (Å²) in [6.07, 6.45) is 1.52. The second-order valence-corrected chi connectivity index (χ2v) is 4.77. The molecule has 2 aromatic rings. The normalized spacial score (nSPS) is 10.4. The average Bonchev–Trinajstić information content (AvgIpc) is 2.60. The lowest BCUT2D eigenvalue weighted by molar-refractivity contribution is -0.384. The van der Waals surface area contributed by atoms with E-state index in [2.05, 4.69) is 10.5 Å². The fraction of sp³-hybridized carbons (Fsp3) is 0.125. The summed E-state index contributed by atoms with van der Waals surface area (Å²) in [5, 5.41) is 23.2. The molecule has 2 rings (SSSR count). The van der Waals surface area contributed by atoms with E-state index in [0.29, 0.717) is 22.7 Å². The number of hydrogen-bond donors (Lipinski definition) is 2. The minimum Gasteiger partial charge on any atom is -0.493 e. The Hall–Kier alpha value is -3.62. The van der Waals surface area contributed by atoms with E-state index in [1.54, 1.807) is 30.3 Å². The number of non-ortho nitro benzene ring substituents is 1. The predicted octanol–water partition coefficient (Wildman–Crippen LogP) is 2.51. The molecular weight excluding hydrogens is 330 g/mol. The van der Waals surface area contributed by atoms with Crippen molar-refractivity contribution in [3.63, 3.8) is 0 Å². The molecule has 2 N–H and O–H groups in total. The number of nitro benzene ring substituents is 1. The first-order chi connectivity index (χ1) is 12.0. The monoisotopic (exact) mass is 345 g/mol. The third-order valence-electron chi connectivity index (χ3n) is 3.02. The van der Waals surface area contributed by atoms with Crippen LogP contribution in [0.15, 0.2) is 47.6 Å². The highest BCUT2D eigenvalue weighted by atomic mass is 16.6. The summed E-state index contributed by atoms with van der Waals surface area (Å²) in [6, 6.07) is 10.7. The molecular formula is C16H15N3O6. The van der Waals surface area contributed by atoms with Gasteiger partial charge in [-0.25, -0.2) is 4.79 Å². The predicted molar refractivity (Wildman–Crippen MR) is 90.4 cm³/mol. The number of nitrogens with zero attached hydrogens (tertiary/aromatic N) is 2. The fourth-order valence-corrected chi connectivity index (χ4v) is 1.86. The topological polar surface area (TPSA) is 123 Å². The van der Waals surface area contributed by atoms with Crippen LogP contribution in [0, 0.1) is 10.1 Å². The van der Waals surface area contributed by atoms with Crippen molar-refractivity contribution in [3.05, 3.63) is 58.1 Å². The van der Waals surface area contributed by atoms with Crippen LogP contribution in [-0.4, -0.2) is 35.9 Å². The lowest BCUT2D eigenvalue weighted by Crippen LogP contribution is -2.10. The minimum atomic E-state index is -1.08. The Morgan fingerprint density at radius 2 is 2.00 bits per heavy atom. The zero-order chi connectivity index (χ0) is 18.2. The Morgan fingerprint density at radius 3 is 2.60 bits per heavy atom. The number of benzene rings is 2. The number of anilines is 1. The molecule has 0 aliphatic heterocycles. The van der Waals surface area contributed by atoms with Crippen molar-refractivity contribution in [2.75, 3.05) is 19.1 Å². The molecule has 0 unspecified atom stereocenters. The molecule has 0 aliphatic carbocycles. The summed E-state index contributed by atoms with van der Waals surface area (Å²) in [7, 11) is 1.44. The molecule has 0 amide bonds. The Kier molecular flexibility index (Phi) is 5.88. The van der Waals surface area contributed by atoms with Crippen LogP contribution < -0.4 is 14.9 Å². The number of hydrogen-bond acceptors (Lipinski definition) is 7. The van der Waals surface area contributed by atoms with Gasteiger partial charge in [0.15, 0.2) is 18.1 Å². The number of carboxylic acids is 1. The Bertz CT molecular complexity index is 789. The second kappa shape index (κ2) is 8.29. The van der Waals surface area contributed by atoms with Gasteiger partial charge in [-0.15, -0.1) is 0 Å². The number of hydrazone groups is 1. The Morgan fingerprint density at radius 1 is 1.28 bits per heavy atom. The van der Waals surface area contributed by atoms with Crippen LogP contribution >= 0.6 is 0 Å². The maximum Gasteiger partial charge on any atom is 0.341 e. The van der Waals surface area contributed by atoms with Crippen LogP contribution in [0.25, 0.3) is 0 Å². The van der Waals surface area contributed by atoms with Crippen LogP contribution in [-0.2, 0) is 4.79 Å². The average molecular weight is 345 g/mol. The van der Waals surface area contributed by atoms with Crippen LogP contribution in [0.4, 0.5) is 11.4 Å². The van der Waals surface area contributed by atoms with Crippen molar-refractivity contribution in [2.24, 2.45) is 5.10 Å². The molecule has 0 aromatic heterocycles. The molecule has 9 heteroatoms. The van der Waals surface area contributed by atoms with E-state index >= 15 is 0 Å². The minimum absolute atomic E-state index is 0.00350. The largest absolute Gasteiger partial charge is 0.493 e. The summed E-state index contributed by atoms with van der Waals surface area (Å²) < 4.78 is 10.3. The second-order valence-electron chi connectivity index (χ2n) is 4.77. The van der Waals surface area contributed by atoms with Crippen LogP contribution in [0.5, 0.6) is 11.5 Å². The Labute approximate surface area is 142 Å². The van der Waals surface area contributed by atoms with Crippen molar-refractivity contribution in [3.8, 4) is 11.5 Å². The van der Waals surface area contributed by atoms with Crippen molar-refractivity contribution < 1.29 is 24.3 Å². The number of carbonyl (C=O) groups is 1. The van der Waals surface area contributed by atoms with E-state index in [0.717, 1.165) is 0 Å². The van der Waals surface area contributed by atoms with Crippen LogP contribution in [0.2, 0.25) is 0 Å². The highest BCUT2D eigenvalue weighted by Crippen LogP contribution is 2.27. The maximum atomic E-state index is 10.6. The zero-order valence-corrected chi connectivity index (χ0v) is 13.2. The van der Waals surface area contributed by atoms with Crippen molar-refractivity contribution in [2.45, 2.75) is 0 Å². The van der Waals surface area contributed by atoms with E-state index in [1.165, 1.54) is 25.5 Å². The third-order valence-corrected chi connectivity index (χ3v) is 3.02. The molecule has 130 valence electrons. The maximum absolute atomic E-state index is 10.6. The number of rotatable bonds is 8. The quantitative estimate of drug-likeness (QED) is 0.428. The van der Waals surface area contributed by atoms with Gasteiger partial charge in [0.05, 0.1) is 23.9 Å². The lowest BCUT2D eigenvalue weighted by Gasteiger charge is -2.09. The number of methoxy groups -OCH3 is 1. The standard InChI is InChI=1S/C16H15N3O6/c1-24-15-8-11(2-7-14(15)25-10-16(20)21)9-17-18-12-3-5-13(6-4-12)19(22)23/h2-9,18H,10H2,1H3,(H,20,21)/b17-9+. The van der Waals surface area contributed by atoms with Crippen molar-refractivity contribution >= 4 is 23.6 Å². The molecule has 0 bridgehead atoms. The molecule has 2 aromatic carbocycles. The SMILES string of the molecule is COc1cc(/C=N/Nc2ccc([N+](=O)[O-])cc2)ccc1OCC(=O)O. The highest BCUT2D eigenvalue weighted by molar-refractivity contribution is 5.81. The summed E-state index contributed by atoms with van der Waals surface area (Å²) in [4.78, 5) is 20.6. The Balaban J connectivity index is 2.02. The first-order valence-corrected chi connectivity index (χ1v) is 7.06. The number of aliphatic carboxylic acids is 1. The number of nitrogens with one attached hydrogen (secondary N) is 1. The lowest BCUT2D eigenvalue weighted by atomic mass is 10.2. The summed E-state index contributed by atoms with van der Waals surface area (Å²) in [5.41, 5.74) is 4.03. The van der Waals surface area contributed by atoms with Crippen molar-refractivity contribution in [1.82, 2.24) is 0 Å². The molecule has 25 heavy (non-hydrogen) atoms. The van der Waals surface area contributed by atoms with Gasteiger partial charge in [0.2, 0.25) is 0 Å². The van der Waals surface area contributed by atoms with Gasteiger partial charge in [-0.2, -0.15) is 5.10 Å². The molecule has 0 fully saturated rings. The van der Waals surface area contributed by atoms with Crippen LogP contribution in [0.1, 0.15) is 5.56 Å². The van der Waals surface area contributed by atoms with Gasteiger partial charge in [-0.1, -0.05) is 0 Å². The van der Waals surface area contributed by atoms with Gasteiger partial charge in [-0.05, 0) is 35.9 Å². The molecule has 0 aliphatic rings. The van der Waals surface area contributed by atoms with Gasteiger partial charge in [0, 0.05) is 12.1 Å². The molecule has 9 nitrogen and oxygen atoms in total. The van der Waals surface area contributed by atoms with Gasteiger partial charge in [0.1, 0.15) is 0 Å². The number of ether oxygens (including phenoxy) is 2. The zero-order valence-electron chi connectivity index (χ0n) is 13.2. The van der Waals surface area contributed by atoms with Gasteiger partial charge < -0.3 is 14.6 Å². The highest BCUT2D eigenvalue weighted by Gasteiger charge is 2.07. The van der Waals surface area contributed by atoms with E-state index in [4.69, 9.17) is 14.6 Å². The van der Waals surface area contributed by atoms with E-state index in [1.807, 2.05) is 0 Å². The molecule has 0 radical (unpaired) electrons. The van der Waals surface area contributed by atoms with Crippen molar-refractivity contribution in [1.29, 1.82) is 0 Å². The summed E-state index contributed by atoms with van der Waals surface area (Å²) in [6.45, 7) is -0.467. The first kappa shape index (κ1) is 17.7. The van der Waals surface area contributed by atoms with E-state index in [-0.39, 0.29) is 5.69 Å². The van der Waals surface area contributed by atoms with E-state index < -0.39 is 17.5 Å². The van der Waals surface area contributed by atoms with Gasteiger partial charge in [0.25, 0.3) is 5.69 Å². The first-order valence-electron chi connectivity index (χ1n) is 7.06. The summed E-state index contributed by atoms with van der Waals surface area (Å²) >= 11 is 0. The van der Waals surface area contributed by atoms with Gasteiger partial charge in [-0.3, -0.25) is 15.5 Å². The third kappa shape index (κ3) is 5.20. The van der Waals surface area contributed by atoms with Gasteiger partial charge >= 0.3 is 5.97 Å². The molecule has 0 spiro atoms. The molecule has 0 saturated carbocycles. The summed E-state index contributed by atoms with van der Waals surface area (Å²) in [5.74, 6) is -0.397. The fourth-order valence-electron chi connectivity index (χ4n) is 1.86. The van der Waals surface area contributed by atoms with E-state index in [9.17, 15) is 14.9 Å².